The summed E-state index contributed by atoms with van der Waals surface area (Å²) in [6, 6.07) is 7.58. The van der Waals surface area contributed by atoms with Gasteiger partial charge in [-0.2, -0.15) is 0 Å². The monoisotopic (exact) mass is 414 g/mol. The van der Waals surface area contributed by atoms with Crippen molar-refractivity contribution >= 4 is 29.3 Å². The topological polar surface area (TPSA) is 49.4 Å². The standard InChI is InChI=1S/C19H18F4N2O2S/c1-2-9-25(17(27)11-28-15-6-4-3-5-12(15)20)10-16(26)24-14-8-7-13(21)18(22)19(14)23/h3-8H,2,9-11H2,1H3,(H,24,26). The van der Waals surface area contributed by atoms with Gasteiger partial charge in [0, 0.05) is 11.4 Å². The number of carbonyl (C=O) groups excluding carboxylic acids is 2. The Morgan fingerprint density at radius 1 is 1.00 bits per heavy atom. The van der Waals surface area contributed by atoms with E-state index in [9.17, 15) is 27.2 Å². The third-order valence-corrected chi connectivity index (χ3v) is 4.71. The first-order valence-corrected chi connectivity index (χ1v) is 9.40. The van der Waals surface area contributed by atoms with Crippen molar-refractivity contribution in [3.05, 3.63) is 59.7 Å². The van der Waals surface area contributed by atoms with Crippen LogP contribution in [-0.2, 0) is 9.59 Å². The van der Waals surface area contributed by atoms with Gasteiger partial charge < -0.3 is 10.2 Å². The van der Waals surface area contributed by atoms with Gasteiger partial charge in [-0.05, 0) is 30.7 Å². The third kappa shape index (κ3) is 5.72. The van der Waals surface area contributed by atoms with Crippen LogP contribution in [0.2, 0.25) is 0 Å². The molecule has 0 saturated heterocycles. The van der Waals surface area contributed by atoms with E-state index in [1.165, 1.54) is 23.1 Å². The van der Waals surface area contributed by atoms with E-state index in [0.717, 1.165) is 17.8 Å². The molecule has 0 aromatic heterocycles. The molecule has 28 heavy (non-hydrogen) atoms. The van der Waals surface area contributed by atoms with Gasteiger partial charge in [-0.3, -0.25) is 9.59 Å². The molecule has 4 nitrogen and oxygen atoms in total. The zero-order chi connectivity index (χ0) is 20.7. The molecule has 9 heteroatoms. The molecule has 0 fully saturated rings. The van der Waals surface area contributed by atoms with Crippen molar-refractivity contribution in [1.82, 2.24) is 4.90 Å². The molecule has 0 aliphatic heterocycles. The third-order valence-electron chi connectivity index (χ3n) is 3.68. The second-order valence-electron chi connectivity index (χ2n) is 5.81. The molecular weight excluding hydrogens is 396 g/mol. The highest BCUT2D eigenvalue weighted by molar-refractivity contribution is 8.00. The Labute approximate surface area is 163 Å². The molecule has 0 heterocycles. The van der Waals surface area contributed by atoms with Gasteiger partial charge in [-0.1, -0.05) is 19.1 Å². The minimum absolute atomic E-state index is 0.0895. The van der Waals surface area contributed by atoms with E-state index in [2.05, 4.69) is 5.32 Å². The first kappa shape index (κ1) is 21.7. The molecule has 0 bridgehead atoms. The Morgan fingerprint density at radius 3 is 2.39 bits per heavy atom. The molecule has 2 aromatic carbocycles. The van der Waals surface area contributed by atoms with Crippen molar-refractivity contribution in [2.75, 3.05) is 24.2 Å². The predicted molar refractivity (Wildman–Crippen MR) is 98.9 cm³/mol. The van der Waals surface area contributed by atoms with Crippen LogP contribution in [0.5, 0.6) is 0 Å². The second kappa shape index (κ2) is 10.1. The van der Waals surface area contributed by atoms with Gasteiger partial charge in [0.1, 0.15) is 5.82 Å². The minimum Gasteiger partial charge on any atom is -0.333 e. The highest BCUT2D eigenvalue weighted by Gasteiger charge is 2.20. The first-order valence-electron chi connectivity index (χ1n) is 8.42. The molecule has 0 atom stereocenters. The Bertz CT molecular complexity index is 864. The highest BCUT2D eigenvalue weighted by atomic mass is 32.2. The fourth-order valence-electron chi connectivity index (χ4n) is 2.34. The highest BCUT2D eigenvalue weighted by Crippen LogP contribution is 2.22. The molecule has 2 rings (SSSR count). The van der Waals surface area contributed by atoms with Crippen molar-refractivity contribution < 1.29 is 27.2 Å². The lowest BCUT2D eigenvalue weighted by atomic mass is 10.2. The lowest BCUT2D eigenvalue weighted by Gasteiger charge is -2.21. The van der Waals surface area contributed by atoms with Gasteiger partial charge in [0.05, 0.1) is 18.0 Å². The number of hydrogen-bond acceptors (Lipinski definition) is 3. The van der Waals surface area contributed by atoms with Crippen LogP contribution in [0, 0.1) is 23.3 Å². The molecule has 1 N–H and O–H groups in total. The lowest BCUT2D eigenvalue weighted by molar-refractivity contribution is -0.132. The molecule has 0 aliphatic carbocycles. The van der Waals surface area contributed by atoms with Gasteiger partial charge >= 0.3 is 0 Å². The van der Waals surface area contributed by atoms with E-state index in [-0.39, 0.29) is 12.3 Å². The zero-order valence-electron chi connectivity index (χ0n) is 15.0. The minimum atomic E-state index is -1.69. The van der Waals surface area contributed by atoms with Crippen molar-refractivity contribution in [1.29, 1.82) is 0 Å². The molecule has 150 valence electrons. The molecule has 2 aromatic rings. The van der Waals surface area contributed by atoms with Crippen LogP contribution < -0.4 is 5.32 Å². The summed E-state index contributed by atoms with van der Waals surface area (Å²) in [5.41, 5.74) is -0.520. The lowest BCUT2D eigenvalue weighted by Crippen LogP contribution is -2.39. The van der Waals surface area contributed by atoms with Crippen LogP contribution in [0.25, 0.3) is 0 Å². The number of rotatable bonds is 8. The van der Waals surface area contributed by atoms with E-state index in [1.807, 2.05) is 0 Å². The van der Waals surface area contributed by atoms with E-state index in [0.29, 0.717) is 17.4 Å². The average Bonchev–Trinajstić information content (AvgIpc) is 2.67. The first-order chi connectivity index (χ1) is 13.3. The number of thioether (sulfide) groups is 1. The normalized spacial score (nSPS) is 10.6. The number of nitrogens with zero attached hydrogens (tertiary/aromatic N) is 1. The van der Waals surface area contributed by atoms with Crippen LogP contribution >= 0.6 is 11.8 Å². The van der Waals surface area contributed by atoms with Crippen LogP contribution in [0.3, 0.4) is 0 Å². The molecular formula is C19H18F4N2O2S. The van der Waals surface area contributed by atoms with Crippen molar-refractivity contribution in [3.8, 4) is 0 Å². The van der Waals surface area contributed by atoms with Gasteiger partial charge in [0.15, 0.2) is 17.5 Å². The van der Waals surface area contributed by atoms with Gasteiger partial charge in [-0.15, -0.1) is 11.8 Å². The number of hydrogen-bond donors (Lipinski definition) is 1. The predicted octanol–water partition coefficient (Wildman–Crippen LogP) is 4.21. The summed E-state index contributed by atoms with van der Waals surface area (Å²) in [4.78, 5) is 26.1. The summed E-state index contributed by atoms with van der Waals surface area (Å²) in [6.45, 7) is 1.66. The fraction of sp³-hybridized carbons (Fsp3) is 0.263. The number of amides is 2. The maximum absolute atomic E-state index is 13.7. The SMILES string of the molecule is CCCN(CC(=O)Nc1ccc(F)c(F)c1F)C(=O)CSc1ccccc1F. The summed E-state index contributed by atoms with van der Waals surface area (Å²) >= 11 is 0.997. The van der Waals surface area contributed by atoms with Crippen LogP contribution in [-0.4, -0.2) is 35.6 Å². The van der Waals surface area contributed by atoms with Crippen molar-refractivity contribution in [2.24, 2.45) is 0 Å². The average molecular weight is 414 g/mol. The quantitative estimate of drug-likeness (QED) is 0.400. The number of benzene rings is 2. The van der Waals surface area contributed by atoms with E-state index in [4.69, 9.17) is 0 Å². The number of nitrogens with one attached hydrogen (secondary N) is 1. The molecule has 0 radical (unpaired) electrons. The Balaban J connectivity index is 1.99. The molecule has 2 amide bonds. The Hall–Kier alpha value is -2.55. The van der Waals surface area contributed by atoms with E-state index >= 15 is 0 Å². The second-order valence-corrected chi connectivity index (χ2v) is 6.82. The zero-order valence-corrected chi connectivity index (χ0v) is 15.8. The fourth-order valence-corrected chi connectivity index (χ4v) is 3.18. The maximum atomic E-state index is 13.7. The number of halogens is 4. The molecule has 0 saturated carbocycles. The van der Waals surface area contributed by atoms with Gasteiger partial charge in [0.2, 0.25) is 11.8 Å². The van der Waals surface area contributed by atoms with Crippen molar-refractivity contribution in [3.63, 3.8) is 0 Å². The van der Waals surface area contributed by atoms with Crippen LogP contribution in [0.4, 0.5) is 23.2 Å². The summed E-state index contributed by atoms with van der Waals surface area (Å²) in [6.07, 6.45) is 0.558. The summed E-state index contributed by atoms with van der Waals surface area (Å²) in [5, 5.41) is 2.12. The smallest absolute Gasteiger partial charge is 0.244 e. The Kier molecular flexibility index (Phi) is 7.86. The van der Waals surface area contributed by atoms with Crippen LogP contribution in [0.15, 0.2) is 41.3 Å². The summed E-state index contributed by atoms with van der Waals surface area (Å²) in [5.74, 6) is -6.29. The van der Waals surface area contributed by atoms with E-state index < -0.39 is 47.3 Å². The summed E-state index contributed by atoms with van der Waals surface area (Å²) in [7, 11) is 0. The number of carbonyl (C=O) groups is 2. The van der Waals surface area contributed by atoms with Crippen molar-refractivity contribution in [2.45, 2.75) is 18.2 Å². The molecule has 0 spiro atoms. The van der Waals surface area contributed by atoms with Crippen LogP contribution in [0.1, 0.15) is 13.3 Å². The largest absolute Gasteiger partial charge is 0.333 e. The summed E-state index contributed by atoms with van der Waals surface area (Å²) < 4.78 is 53.5. The molecule has 0 aliphatic rings. The number of anilines is 1. The van der Waals surface area contributed by atoms with Gasteiger partial charge in [-0.25, -0.2) is 17.6 Å². The van der Waals surface area contributed by atoms with Gasteiger partial charge in [0.25, 0.3) is 0 Å². The maximum Gasteiger partial charge on any atom is 0.244 e. The molecule has 0 unspecified atom stereocenters. The van der Waals surface area contributed by atoms with E-state index in [1.54, 1.807) is 13.0 Å². The Morgan fingerprint density at radius 2 is 1.71 bits per heavy atom.